The van der Waals surface area contributed by atoms with Gasteiger partial charge in [0, 0.05) is 17.7 Å². The average Bonchev–Trinajstić information content (AvgIpc) is 2.79. The van der Waals surface area contributed by atoms with Crippen molar-refractivity contribution in [2.45, 2.75) is 33.4 Å². The van der Waals surface area contributed by atoms with Crippen LogP contribution in [0.1, 0.15) is 29.3 Å². The Labute approximate surface area is 196 Å². The molecular weight excluding hydrogens is 447 g/mol. The number of aryl methyl sites for hydroxylation is 2. The molecule has 0 fully saturated rings. The molecule has 1 aromatic heterocycles. The smallest absolute Gasteiger partial charge is 0.416 e. The number of pyridine rings is 1. The largest absolute Gasteiger partial charge is 0.493 e. The molecule has 0 saturated heterocycles. The van der Waals surface area contributed by atoms with Crippen LogP contribution in [0.4, 0.5) is 13.2 Å². The Morgan fingerprint density at radius 2 is 1.71 bits per heavy atom. The summed E-state index contributed by atoms with van der Waals surface area (Å²) in [4.78, 5) is 16.0. The van der Waals surface area contributed by atoms with Crippen molar-refractivity contribution in [3.8, 4) is 22.8 Å². The van der Waals surface area contributed by atoms with Gasteiger partial charge in [-0.2, -0.15) is 13.2 Å². The van der Waals surface area contributed by atoms with E-state index in [4.69, 9.17) is 14.2 Å². The fraction of sp³-hybridized carbons (Fsp3) is 0.308. The van der Waals surface area contributed by atoms with Crippen LogP contribution in [0.2, 0.25) is 0 Å². The van der Waals surface area contributed by atoms with Gasteiger partial charge in [-0.05, 0) is 68.3 Å². The molecular formula is C26H26F3NO4. The van der Waals surface area contributed by atoms with E-state index in [2.05, 4.69) is 4.98 Å². The third-order valence-corrected chi connectivity index (χ3v) is 5.14. The molecule has 5 nitrogen and oxygen atoms in total. The summed E-state index contributed by atoms with van der Waals surface area (Å²) in [6, 6.07) is 14.0. The number of hydrogen-bond donors (Lipinski definition) is 0. The van der Waals surface area contributed by atoms with Crippen molar-refractivity contribution < 1.29 is 32.2 Å². The molecule has 8 heteroatoms. The summed E-state index contributed by atoms with van der Waals surface area (Å²) in [6.07, 6.45) is -3.74. The first-order chi connectivity index (χ1) is 16.2. The van der Waals surface area contributed by atoms with Crippen LogP contribution in [-0.2, 0) is 22.1 Å². The number of carbonyl (C=O) groups excluding carboxylic acids is 1. The second-order valence-electron chi connectivity index (χ2n) is 7.64. The quantitative estimate of drug-likeness (QED) is 0.360. The minimum atomic E-state index is -4.36. The maximum Gasteiger partial charge on any atom is 0.416 e. The van der Waals surface area contributed by atoms with E-state index in [1.54, 1.807) is 25.1 Å². The lowest BCUT2D eigenvalue weighted by molar-refractivity contribution is -0.145. The van der Waals surface area contributed by atoms with Crippen molar-refractivity contribution in [3.63, 3.8) is 0 Å². The van der Waals surface area contributed by atoms with E-state index in [0.717, 1.165) is 29.0 Å². The number of esters is 1. The van der Waals surface area contributed by atoms with E-state index in [-0.39, 0.29) is 6.61 Å². The van der Waals surface area contributed by atoms with Gasteiger partial charge in [0.15, 0.2) is 6.61 Å². The van der Waals surface area contributed by atoms with E-state index >= 15 is 0 Å². The van der Waals surface area contributed by atoms with Crippen LogP contribution in [0.5, 0.6) is 11.5 Å². The number of ether oxygens (including phenoxy) is 3. The third kappa shape index (κ3) is 6.73. The van der Waals surface area contributed by atoms with Crippen LogP contribution < -0.4 is 9.47 Å². The number of carbonyl (C=O) groups is 1. The summed E-state index contributed by atoms with van der Waals surface area (Å²) in [5.41, 5.74) is 3.17. The summed E-state index contributed by atoms with van der Waals surface area (Å²) < 4.78 is 54.4. The van der Waals surface area contributed by atoms with Crippen molar-refractivity contribution in [1.82, 2.24) is 4.98 Å². The van der Waals surface area contributed by atoms with Crippen molar-refractivity contribution in [3.05, 3.63) is 77.0 Å². The molecule has 0 amide bonds. The molecule has 3 rings (SSSR count). The molecule has 0 unspecified atom stereocenters. The second kappa shape index (κ2) is 11.0. The monoisotopic (exact) mass is 473 g/mol. The van der Waals surface area contributed by atoms with E-state index in [1.165, 1.54) is 12.1 Å². The maximum atomic E-state index is 12.8. The predicted octanol–water partition coefficient (Wildman–Crippen LogP) is 5.95. The fourth-order valence-electron chi connectivity index (χ4n) is 3.34. The number of rotatable bonds is 9. The van der Waals surface area contributed by atoms with Crippen LogP contribution in [0.15, 0.2) is 54.6 Å². The van der Waals surface area contributed by atoms with Gasteiger partial charge >= 0.3 is 12.1 Å². The third-order valence-electron chi connectivity index (χ3n) is 5.14. The van der Waals surface area contributed by atoms with Crippen molar-refractivity contribution >= 4 is 5.97 Å². The van der Waals surface area contributed by atoms with Gasteiger partial charge in [0.25, 0.3) is 0 Å². The lowest BCUT2D eigenvalue weighted by Gasteiger charge is -2.12. The average molecular weight is 473 g/mol. The fourth-order valence-corrected chi connectivity index (χ4v) is 3.34. The molecule has 0 aliphatic rings. The van der Waals surface area contributed by atoms with Gasteiger partial charge in [-0.25, -0.2) is 4.79 Å². The first-order valence-corrected chi connectivity index (χ1v) is 10.8. The van der Waals surface area contributed by atoms with Crippen LogP contribution in [0, 0.1) is 13.8 Å². The molecule has 0 radical (unpaired) electrons. The van der Waals surface area contributed by atoms with Gasteiger partial charge in [0.05, 0.1) is 24.5 Å². The molecule has 0 spiro atoms. The van der Waals surface area contributed by atoms with Gasteiger partial charge in [-0.1, -0.05) is 18.2 Å². The maximum absolute atomic E-state index is 12.8. The Bertz CT molecular complexity index is 1130. The number of hydrogen-bond acceptors (Lipinski definition) is 5. The molecule has 0 aliphatic carbocycles. The van der Waals surface area contributed by atoms with Crippen molar-refractivity contribution in [2.24, 2.45) is 0 Å². The second-order valence-corrected chi connectivity index (χ2v) is 7.64. The zero-order valence-corrected chi connectivity index (χ0v) is 19.2. The first kappa shape index (κ1) is 25.1. The summed E-state index contributed by atoms with van der Waals surface area (Å²) in [5.74, 6) is 0.836. The predicted molar refractivity (Wildman–Crippen MR) is 122 cm³/mol. The number of nitrogens with zero attached hydrogens (tertiary/aromatic N) is 1. The van der Waals surface area contributed by atoms with Crippen LogP contribution in [-0.4, -0.2) is 30.8 Å². The molecule has 0 N–H and O–H groups in total. The van der Waals surface area contributed by atoms with E-state index in [0.29, 0.717) is 42.4 Å². The molecule has 1 heterocycles. The highest BCUT2D eigenvalue weighted by Gasteiger charge is 2.30. The Balaban J connectivity index is 1.56. The minimum Gasteiger partial charge on any atom is -0.493 e. The van der Waals surface area contributed by atoms with Gasteiger partial charge in [0.1, 0.15) is 11.5 Å². The standard InChI is InChI=1S/C26H26F3NO4/c1-4-32-25(31)16-34-24-12-10-22(15-17(24)2)33-14-13-19-7-11-23(30-18(19)3)20-5-8-21(9-6-20)26(27,28)29/h5-12,15H,4,13-14,16H2,1-3H3. The summed E-state index contributed by atoms with van der Waals surface area (Å²) >= 11 is 0. The lowest BCUT2D eigenvalue weighted by Crippen LogP contribution is -2.15. The molecule has 0 bridgehead atoms. The Hall–Kier alpha value is -3.55. The Morgan fingerprint density at radius 1 is 0.971 bits per heavy atom. The van der Waals surface area contributed by atoms with Gasteiger partial charge < -0.3 is 14.2 Å². The molecule has 0 saturated carbocycles. The van der Waals surface area contributed by atoms with E-state index < -0.39 is 17.7 Å². The van der Waals surface area contributed by atoms with Gasteiger partial charge in [-0.3, -0.25) is 4.98 Å². The molecule has 0 aliphatic heterocycles. The molecule has 2 aromatic carbocycles. The number of halogens is 3. The minimum absolute atomic E-state index is 0.149. The molecule has 34 heavy (non-hydrogen) atoms. The van der Waals surface area contributed by atoms with Crippen molar-refractivity contribution in [2.75, 3.05) is 19.8 Å². The number of alkyl halides is 3. The van der Waals surface area contributed by atoms with Gasteiger partial charge in [-0.15, -0.1) is 0 Å². The normalized spacial score (nSPS) is 11.2. The molecule has 180 valence electrons. The van der Waals surface area contributed by atoms with Gasteiger partial charge in [0.2, 0.25) is 0 Å². The summed E-state index contributed by atoms with van der Waals surface area (Å²) in [6.45, 7) is 6.04. The Morgan fingerprint density at radius 3 is 2.32 bits per heavy atom. The topological polar surface area (TPSA) is 57.7 Å². The highest BCUT2D eigenvalue weighted by atomic mass is 19.4. The number of benzene rings is 2. The van der Waals surface area contributed by atoms with E-state index in [1.807, 2.05) is 26.0 Å². The summed E-state index contributed by atoms with van der Waals surface area (Å²) in [7, 11) is 0. The lowest BCUT2D eigenvalue weighted by atomic mass is 10.1. The zero-order chi connectivity index (χ0) is 24.7. The Kier molecular flexibility index (Phi) is 8.15. The zero-order valence-electron chi connectivity index (χ0n) is 19.2. The van der Waals surface area contributed by atoms with E-state index in [9.17, 15) is 18.0 Å². The molecule has 3 aromatic rings. The van der Waals surface area contributed by atoms with Crippen LogP contribution >= 0.6 is 0 Å². The molecule has 0 atom stereocenters. The number of aromatic nitrogens is 1. The highest BCUT2D eigenvalue weighted by molar-refractivity contribution is 5.71. The summed E-state index contributed by atoms with van der Waals surface area (Å²) in [5, 5.41) is 0. The first-order valence-electron chi connectivity index (χ1n) is 10.8. The SMILES string of the molecule is CCOC(=O)COc1ccc(OCCc2ccc(-c3ccc(C(F)(F)F)cc3)nc2C)cc1C. The van der Waals surface area contributed by atoms with Crippen molar-refractivity contribution in [1.29, 1.82) is 0 Å². The van der Waals surface area contributed by atoms with Crippen LogP contribution in [0.25, 0.3) is 11.3 Å². The highest BCUT2D eigenvalue weighted by Crippen LogP contribution is 2.31. The van der Waals surface area contributed by atoms with Crippen LogP contribution in [0.3, 0.4) is 0 Å².